The van der Waals surface area contributed by atoms with Gasteiger partial charge in [-0.25, -0.2) is 14.8 Å². The first kappa shape index (κ1) is 18.8. The van der Waals surface area contributed by atoms with Crippen molar-refractivity contribution in [2.75, 3.05) is 31.6 Å². The Morgan fingerprint density at radius 1 is 1.35 bits per heavy atom. The monoisotopic (exact) mass is 375 g/mol. The molecular weight excluding hydrogens is 348 g/mol. The van der Waals surface area contributed by atoms with Gasteiger partial charge in [-0.1, -0.05) is 6.08 Å². The number of nitrogens with one attached hydrogen (secondary N) is 2. The molecular formula is C19H27N4O2S+. The van der Waals surface area contributed by atoms with E-state index in [1.807, 2.05) is 13.8 Å². The Morgan fingerprint density at radius 2 is 2.12 bits per heavy atom. The van der Waals surface area contributed by atoms with Crippen molar-refractivity contribution in [1.29, 1.82) is 0 Å². The number of carbonyl (C=O) groups is 1. The van der Waals surface area contributed by atoms with Gasteiger partial charge in [0.1, 0.15) is 22.1 Å². The van der Waals surface area contributed by atoms with E-state index in [9.17, 15) is 4.79 Å². The van der Waals surface area contributed by atoms with Crippen molar-refractivity contribution in [1.82, 2.24) is 9.97 Å². The molecule has 1 aliphatic heterocycles. The fourth-order valence-corrected chi connectivity index (χ4v) is 4.50. The van der Waals surface area contributed by atoms with Gasteiger partial charge in [-0.05, 0) is 38.7 Å². The number of quaternary nitrogens is 1. The number of piperidine rings is 1. The third-order valence-corrected chi connectivity index (χ3v) is 5.85. The Morgan fingerprint density at radius 3 is 2.81 bits per heavy atom. The molecule has 1 fully saturated rings. The molecule has 2 N–H and O–H groups in total. The molecule has 1 aliphatic rings. The molecule has 0 aliphatic carbocycles. The fourth-order valence-electron chi connectivity index (χ4n) is 3.40. The molecule has 3 rings (SSSR count). The molecule has 0 atom stereocenters. The second-order valence-corrected chi connectivity index (χ2v) is 7.60. The maximum absolute atomic E-state index is 12.3. The zero-order valence-corrected chi connectivity index (χ0v) is 16.4. The van der Waals surface area contributed by atoms with Crippen molar-refractivity contribution >= 4 is 33.3 Å². The highest BCUT2D eigenvalue weighted by Gasteiger charge is 2.23. The maximum atomic E-state index is 12.3. The largest absolute Gasteiger partial charge is 0.462 e. The number of ether oxygens (including phenoxy) is 1. The third kappa shape index (κ3) is 4.04. The lowest BCUT2D eigenvalue weighted by Crippen LogP contribution is -3.11. The highest BCUT2D eigenvalue weighted by molar-refractivity contribution is 7.20. The van der Waals surface area contributed by atoms with Gasteiger partial charge in [-0.2, -0.15) is 0 Å². The van der Waals surface area contributed by atoms with Crippen LogP contribution in [0.4, 0.5) is 5.82 Å². The van der Waals surface area contributed by atoms with Gasteiger partial charge >= 0.3 is 5.97 Å². The zero-order chi connectivity index (χ0) is 18.5. The van der Waals surface area contributed by atoms with Gasteiger partial charge in [0.05, 0.1) is 25.1 Å². The number of carbonyl (C=O) groups excluding carboxylic acids is 1. The second kappa shape index (κ2) is 8.60. The van der Waals surface area contributed by atoms with E-state index in [2.05, 4.69) is 11.9 Å². The molecule has 3 heterocycles. The van der Waals surface area contributed by atoms with E-state index < -0.39 is 0 Å². The minimum absolute atomic E-state index is 0.286. The molecule has 0 radical (unpaired) electrons. The van der Waals surface area contributed by atoms with E-state index in [0.29, 0.717) is 18.0 Å². The number of aromatic nitrogens is 2. The van der Waals surface area contributed by atoms with Crippen LogP contribution in [0.15, 0.2) is 12.7 Å². The summed E-state index contributed by atoms with van der Waals surface area (Å²) in [6, 6.07) is 0. The molecule has 0 aromatic carbocycles. The number of nitrogens with zero attached hydrogens (tertiary/aromatic N) is 2. The molecule has 0 saturated carbocycles. The van der Waals surface area contributed by atoms with Crippen molar-refractivity contribution < 1.29 is 14.4 Å². The van der Waals surface area contributed by atoms with E-state index >= 15 is 0 Å². The van der Waals surface area contributed by atoms with Gasteiger partial charge in [0.2, 0.25) is 0 Å². The Balaban J connectivity index is 1.99. The molecule has 26 heavy (non-hydrogen) atoms. The van der Waals surface area contributed by atoms with Crippen LogP contribution in [0.3, 0.4) is 0 Å². The summed E-state index contributed by atoms with van der Waals surface area (Å²) < 4.78 is 5.19. The standard InChI is InChI=1S/C19H26N4O2S/c1-4-9-20-17-15-13(3)16(19(24)25-5-2)26-18(15)22-14(21-17)12-23-10-7-6-8-11-23/h4H,1,5-12H2,2-3H3,(H,20,21,22)/p+1. The molecule has 0 unspecified atom stereocenters. The van der Waals surface area contributed by atoms with Crippen molar-refractivity contribution in [3.05, 3.63) is 28.9 Å². The van der Waals surface area contributed by atoms with Crippen LogP contribution >= 0.6 is 11.3 Å². The van der Waals surface area contributed by atoms with E-state index in [1.54, 1.807) is 6.08 Å². The third-order valence-electron chi connectivity index (χ3n) is 4.68. The average Bonchev–Trinajstić information content (AvgIpc) is 2.97. The lowest BCUT2D eigenvalue weighted by Gasteiger charge is -2.22. The molecule has 0 amide bonds. The van der Waals surface area contributed by atoms with Crippen LogP contribution in [0.1, 0.15) is 47.2 Å². The first-order valence-corrected chi connectivity index (χ1v) is 10.1. The average molecular weight is 376 g/mol. The summed E-state index contributed by atoms with van der Waals surface area (Å²) in [6.07, 6.45) is 5.66. The van der Waals surface area contributed by atoms with E-state index in [0.717, 1.165) is 34.0 Å². The van der Waals surface area contributed by atoms with Crippen LogP contribution in [0, 0.1) is 6.92 Å². The summed E-state index contributed by atoms with van der Waals surface area (Å²) in [4.78, 5) is 24.8. The molecule has 2 aromatic heterocycles. The summed E-state index contributed by atoms with van der Waals surface area (Å²) in [5, 5.41) is 4.23. The maximum Gasteiger partial charge on any atom is 0.348 e. The van der Waals surface area contributed by atoms with Crippen molar-refractivity contribution in [2.24, 2.45) is 0 Å². The van der Waals surface area contributed by atoms with Crippen LogP contribution in [-0.2, 0) is 11.3 Å². The molecule has 7 heteroatoms. The summed E-state index contributed by atoms with van der Waals surface area (Å²) in [5.74, 6) is 1.33. The quantitative estimate of drug-likeness (QED) is 0.574. The van der Waals surface area contributed by atoms with Crippen LogP contribution in [0.2, 0.25) is 0 Å². The van der Waals surface area contributed by atoms with E-state index in [-0.39, 0.29) is 5.97 Å². The summed E-state index contributed by atoms with van der Waals surface area (Å²) in [7, 11) is 0. The highest BCUT2D eigenvalue weighted by atomic mass is 32.1. The van der Waals surface area contributed by atoms with Crippen LogP contribution in [0.5, 0.6) is 0 Å². The van der Waals surface area contributed by atoms with Gasteiger partial charge in [-0.3, -0.25) is 0 Å². The number of hydrogen-bond donors (Lipinski definition) is 2. The lowest BCUT2D eigenvalue weighted by molar-refractivity contribution is -0.919. The number of hydrogen-bond acceptors (Lipinski definition) is 6. The number of aryl methyl sites for hydroxylation is 1. The number of likely N-dealkylation sites (tertiary alicyclic amines) is 1. The van der Waals surface area contributed by atoms with Crippen LogP contribution in [-0.4, -0.2) is 42.2 Å². The Bertz CT molecular complexity index is 796. The predicted molar refractivity (Wildman–Crippen MR) is 105 cm³/mol. The first-order chi connectivity index (χ1) is 12.6. The van der Waals surface area contributed by atoms with Gasteiger partial charge in [-0.15, -0.1) is 17.9 Å². The molecule has 140 valence electrons. The lowest BCUT2D eigenvalue weighted by atomic mass is 10.1. The Kier molecular flexibility index (Phi) is 6.21. The minimum atomic E-state index is -0.286. The predicted octanol–water partition coefficient (Wildman–Crippen LogP) is 2.34. The van der Waals surface area contributed by atoms with Gasteiger partial charge in [0.15, 0.2) is 5.82 Å². The summed E-state index contributed by atoms with van der Waals surface area (Å²) >= 11 is 1.40. The summed E-state index contributed by atoms with van der Waals surface area (Å²) in [5.41, 5.74) is 0.881. The topological polar surface area (TPSA) is 68.5 Å². The SMILES string of the molecule is C=CCNc1nc(C[NH+]2CCCCC2)nc2sc(C(=O)OCC)c(C)c12. The van der Waals surface area contributed by atoms with E-state index in [4.69, 9.17) is 14.7 Å². The number of thiophene rings is 1. The summed E-state index contributed by atoms with van der Waals surface area (Å²) in [6.45, 7) is 11.7. The van der Waals surface area contributed by atoms with E-state index in [1.165, 1.54) is 48.6 Å². The van der Waals surface area contributed by atoms with Crippen LogP contribution < -0.4 is 10.2 Å². The zero-order valence-electron chi connectivity index (χ0n) is 15.6. The molecule has 1 saturated heterocycles. The normalized spacial score (nSPS) is 15.2. The Labute approximate surface area is 158 Å². The number of esters is 1. The van der Waals surface area contributed by atoms with Gasteiger partial charge < -0.3 is 15.0 Å². The van der Waals surface area contributed by atoms with Crippen molar-refractivity contribution in [2.45, 2.75) is 39.7 Å². The van der Waals surface area contributed by atoms with Crippen molar-refractivity contribution in [3.63, 3.8) is 0 Å². The number of fused-ring (bicyclic) bond motifs is 1. The first-order valence-electron chi connectivity index (χ1n) is 9.29. The smallest absolute Gasteiger partial charge is 0.348 e. The fraction of sp³-hybridized carbons (Fsp3) is 0.526. The Hall–Kier alpha value is -1.99. The molecule has 0 bridgehead atoms. The number of anilines is 1. The van der Waals surface area contributed by atoms with Gasteiger partial charge in [0, 0.05) is 6.54 Å². The highest BCUT2D eigenvalue weighted by Crippen LogP contribution is 2.34. The van der Waals surface area contributed by atoms with Gasteiger partial charge in [0.25, 0.3) is 0 Å². The molecule has 2 aromatic rings. The van der Waals surface area contributed by atoms with Crippen molar-refractivity contribution in [3.8, 4) is 0 Å². The number of rotatable bonds is 7. The second-order valence-electron chi connectivity index (χ2n) is 6.60. The molecule has 6 nitrogen and oxygen atoms in total. The minimum Gasteiger partial charge on any atom is -0.462 e. The molecule has 0 spiro atoms. The van der Waals surface area contributed by atoms with Crippen LogP contribution in [0.25, 0.3) is 10.2 Å².